The summed E-state index contributed by atoms with van der Waals surface area (Å²) < 4.78 is 0. The molecule has 0 aliphatic carbocycles. The number of hydrogen-bond donors (Lipinski definition) is 1. The number of nitrogens with zero attached hydrogens (tertiary/aromatic N) is 2. The van der Waals surface area contributed by atoms with Crippen LogP contribution >= 0.6 is 0 Å². The highest BCUT2D eigenvalue weighted by Gasteiger charge is 2.45. The summed E-state index contributed by atoms with van der Waals surface area (Å²) in [6, 6.07) is 24.2. The molecule has 5 nitrogen and oxygen atoms in total. The first-order chi connectivity index (χ1) is 15.6. The lowest BCUT2D eigenvalue weighted by molar-refractivity contribution is -0.132. The lowest BCUT2D eigenvalue weighted by Crippen LogP contribution is -2.45. The quantitative estimate of drug-likeness (QED) is 0.622. The van der Waals surface area contributed by atoms with Crippen LogP contribution < -0.4 is 5.32 Å². The van der Waals surface area contributed by atoms with Crippen LogP contribution in [0.2, 0.25) is 0 Å². The minimum Gasteiger partial charge on any atom is -0.356 e. The fraction of sp³-hybridized carbons (Fsp3) is 0.296. The molecule has 1 N–H and O–H groups in total. The molecule has 1 aliphatic rings. The van der Waals surface area contributed by atoms with E-state index >= 15 is 0 Å². The van der Waals surface area contributed by atoms with E-state index in [2.05, 4.69) is 40.6 Å². The average molecular weight is 428 g/mol. The zero-order valence-corrected chi connectivity index (χ0v) is 18.5. The van der Waals surface area contributed by atoms with Crippen molar-refractivity contribution < 1.29 is 9.59 Å². The van der Waals surface area contributed by atoms with Gasteiger partial charge in [0.15, 0.2) is 0 Å². The van der Waals surface area contributed by atoms with Crippen molar-refractivity contribution in [2.24, 2.45) is 5.41 Å². The van der Waals surface area contributed by atoms with Crippen LogP contribution in [0.25, 0.3) is 11.1 Å². The van der Waals surface area contributed by atoms with Crippen molar-refractivity contribution >= 4 is 11.8 Å². The number of carbonyl (C=O) groups excluding carboxylic acids is 2. The molecule has 1 aromatic heterocycles. The Balaban J connectivity index is 1.54. The molecule has 0 saturated carbocycles. The summed E-state index contributed by atoms with van der Waals surface area (Å²) in [5.74, 6) is 0.0474. The third-order valence-electron chi connectivity index (χ3n) is 6.16. The third kappa shape index (κ3) is 4.88. The zero-order valence-electron chi connectivity index (χ0n) is 18.5. The van der Waals surface area contributed by atoms with E-state index in [-0.39, 0.29) is 18.2 Å². The normalized spacial score (nSPS) is 17.8. The summed E-state index contributed by atoms with van der Waals surface area (Å²) in [6.07, 6.45) is 3.22. The number of aromatic nitrogens is 1. The molecule has 1 fully saturated rings. The van der Waals surface area contributed by atoms with Gasteiger partial charge in [0, 0.05) is 31.5 Å². The van der Waals surface area contributed by atoms with Crippen molar-refractivity contribution in [3.63, 3.8) is 0 Å². The maximum Gasteiger partial charge on any atom is 0.228 e. The van der Waals surface area contributed by atoms with Gasteiger partial charge in [0.1, 0.15) is 0 Å². The SMILES string of the molecule is CCNC(=O)C1(Cc2cccc(-c3ccccc3)c2)CCN(C(=O)Cc2ccccn2)C1. The average Bonchev–Trinajstić information content (AvgIpc) is 3.26. The van der Waals surface area contributed by atoms with E-state index in [9.17, 15) is 9.59 Å². The summed E-state index contributed by atoms with van der Waals surface area (Å²) in [5, 5.41) is 3.01. The Morgan fingerprint density at radius 2 is 1.78 bits per heavy atom. The number of carbonyl (C=O) groups is 2. The van der Waals surface area contributed by atoms with Gasteiger partial charge in [0.05, 0.1) is 11.8 Å². The topological polar surface area (TPSA) is 62.3 Å². The van der Waals surface area contributed by atoms with E-state index in [1.165, 1.54) is 0 Å². The molecule has 0 spiro atoms. The van der Waals surface area contributed by atoms with Crippen molar-refractivity contribution in [1.82, 2.24) is 15.2 Å². The van der Waals surface area contributed by atoms with Gasteiger partial charge in [-0.25, -0.2) is 0 Å². The number of pyridine rings is 1. The van der Waals surface area contributed by atoms with Crippen LogP contribution in [0.15, 0.2) is 79.0 Å². The molecule has 1 saturated heterocycles. The fourth-order valence-corrected chi connectivity index (χ4v) is 4.49. The van der Waals surface area contributed by atoms with Crippen LogP contribution in [0.1, 0.15) is 24.6 Å². The molecule has 32 heavy (non-hydrogen) atoms. The van der Waals surface area contributed by atoms with Crippen molar-refractivity contribution in [3.05, 3.63) is 90.3 Å². The molecular formula is C27H29N3O2. The van der Waals surface area contributed by atoms with Crippen LogP contribution in [0.3, 0.4) is 0 Å². The van der Waals surface area contributed by atoms with Gasteiger partial charge in [0.25, 0.3) is 0 Å². The van der Waals surface area contributed by atoms with E-state index in [4.69, 9.17) is 0 Å². The lowest BCUT2D eigenvalue weighted by Gasteiger charge is -2.28. The van der Waals surface area contributed by atoms with Gasteiger partial charge in [-0.3, -0.25) is 14.6 Å². The number of nitrogens with one attached hydrogen (secondary N) is 1. The van der Waals surface area contributed by atoms with Crippen molar-refractivity contribution in [3.8, 4) is 11.1 Å². The maximum atomic E-state index is 13.2. The van der Waals surface area contributed by atoms with Crippen LogP contribution in [0.4, 0.5) is 0 Å². The Bertz CT molecular complexity index is 1070. The molecule has 164 valence electrons. The molecule has 2 heterocycles. The summed E-state index contributed by atoms with van der Waals surface area (Å²) in [6.45, 7) is 3.52. The predicted molar refractivity (Wildman–Crippen MR) is 126 cm³/mol. The predicted octanol–water partition coefficient (Wildman–Crippen LogP) is 3.89. The van der Waals surface area contributed by atoms with Gasteiger partial charge < -0.3 is 10.2 Å². The molecule has 2 amide bonds. The maximum absolute atomic E-state index is 13.2. The molecule has 1 aliphatic heterocycles. The Morgan fingerprint density at radius 3 is 2.53 bits per heavy atom. The fourth-order valence-electron chi connectivity index (χ4n) is 4.49. The van der Waals surface area contributed by atoms with Gasteiger partial charge >= 0.3 is 0 Å². The highest BCUT2D eigenvalue weighted by molar-refractivity contribution is 5.86. The molecule has 4 rings (SSSR count). The van der Waals surface area contributed by atoms with Crippen LogP contribution in [-0.2, 0) is 22.4 Å². The Morgan fingerprint density at radius 1 is 1.00 bits per heavy atom. The van der Waals surface area contributed by atoms with Gasteiger partial charge in [0.2, 0.25) is 11.8 Å². The van der Waals surface area contributed by atoms with Gasteiger partial charge in [-0.1, -0.05) is 60.7 Å². The van der Waals surface area contributed by atoms with Crippen molar-refractivity contribution in [2.45, 2.75) is 26.2 Å². The molecule has 3 aromatic rings. The second kappa shape index (κ2) is 9.77. The lowest BCUT2D eigenvalue weighted by atomic mass is 9.79. The van der Waals surface area contributed by atoms with E-state index in [0.717, 1.165) is 22.4 Å². The first kappa shape index (κ1) is 21.8. The Labute approximate surface area is 189 Å². The minimum absolute atomic E-state index is 0.0212. The standard InChI is InChI=1S/C27H29N3O2/c1-2-28-26(32)27(14-16-30(20-27)25(31)18-24-13-6-7-15-29-24)19-21-9-8-12-23(17-21)22-10-4-3-5-11-22/h3-13,15,17H,2,14,16,18-20H2,1H3,(H,28,32). The number of likely N-dealkylation sites (tertiary alicyclic amines) is 1. The smallest absolute Gasteiger partial charge is 0.228 e. The number of amides is 2. The third-order valence-corrected chi connectivity index (χ3v) is 6.16. The molecule has 1 unspecified atom stereocenters. The molecule has 0 bridgehead atoms. The molecule has 5 heteroatoms. The van der Waals surface area contributed by atoms with E-state index in [1.807, 2.05) is 54.3 Å². The summed E-state index contributed by atoms with van der Waals surface area (Å²) in [4.78, 5) is 32.2. The second-order valence-corrected chi connectivity index (χ2v) is 8.45. The first-order valence-corrected chi connectivity index (χ1v) is 11.2. The van der Waals surface area contributed by atoms with Crippen molar-refractivity contribution in [2.75, 3.05) is 19.6 Å². The monoisotopic (exact) mass is 427 g/mol. The number of rotatable bonds is 7. The van der Waals surface area contributed by atoms with Crippen LogP contribution in [0, 0.1) is 5.41 Å². The van der Waals surface area contributed by atoms with Crippen LogP contribution in [-0.4, -0.2) is 41.3 Å². The highest BCUT2D eigenvalue weighted by atomic mass is 16.2. The number of benzene rings is 2. The van der Waals surface area contributed by atoms with E-state index in [1.54, 1.807) is 6.20 Å². The molecule has 1 atom stereocenters. The van der Waals surface area contributed by atoms with Crippen LogP contribution in [0.5, 0.6) is 0 Å². The summed E-state index contributed by atoms with van der Waals surface area (Å²) in [5.41, 5.74) is 3.53. The summed E-state index contributed by atoms with van der Waals surface area (Å²) >= 11 is 0. The molecular weight excluding hydrogens is 398 g/mol. The summed E-state index contributed by atoms with van der Waals surface area (Å²) in [7, 11) is 0. The molecule has 0 radical (unpaired) electrons. The second-order valence-electron chi connectivity index (χ2n) is 8.45. The number of hydrogen-bond acceptors (Lipinski definition) is 3. The Kier molecular flexibility index (Phi) is 6.64. The highest BCUT2D eigenvalue weighted by Crippen LogP contribution is 2.36. The van der Waals surface area contributed by atoms with E-state index < -0.39 is 5.41 Å². The van der Waals surface area contributed by atoms with Gasteiger partial charge in [-0.2, -0.15) is 0 Å². The first-order valence-electron chi connectivity index (χ1n) is 11.2. The minimum atomic E-state index is -0.620. The zero-order chi connectivity index (χ0) is 22.4. The largest absolute Gasteiger partial charge is 0.356 e. The van der Waals surface area contributed by atoms with E-state index in [0.29, 0.717) is 32.5 Å². The van der Waals surface area contributed by atoms with Gasteiger partial charge in [-0.15, -0.1) is 0 Å². The molecule has 2 aromatic carbocycles. The van der Waals surface area contributed by atoms with Crippen molar-refractivity contribution in [1.29, 1.82) is 0 Å². The van der Waals surface area contributed by atoms with Gasteiger partial charge in [-0.05, 0) is 48.6 Å². The Hall–Kier alpha value is -3.47.